The van der Waals surface area contributed by atoms with Crippen LogP contribution >= 0.6 is 0 Å². The summed E-state index contributed by atoms with van der Waals surface area (Å²) in [5, 5.41) is 11.6. The molecule has 0 aliphatic rings. The van der Waals surface area contributed by atoms with Gasteiger partial charge in [0.25, 0.3) is 0 Å². The molecule has 1 aromatic carbocycles. The Morgan fingerprint density at radius 3 is 2.26 bits per heavy atom. The van der Waals surface area contributed by atoms with Gasteiger partial charge in [0, 0.05) is 11.9 Å². The van der Waals surface area contributed by atoms with Crippen LogP contribution in [0.15, 0.2) is 29.2 Å². The first-order valence-electron chi connectivity index (χ1n) is 5.76. The molecule has 1 N–H and O–H groups in total. The van der Waals surface area contributed by atoms with E-state index in [1.165, 1.54) is 24.3 Å². The van der Waals surface area contributed by atoms with Gasteiger partial charge in [-0.05, 0) is 37.6 Å². The number of hydrogen-bond donors (Lipinski definition) is 1. The number of nitrogens with one attached hydrogen (secondary N) is 1. The van der Waals surface area contributed by atoms with E-state index < -0.39 is 21.2 Å². The predicted octanol–water partition coefficient (Wildman–Crippen LogP) is 1.97. The van der Waals surface area contributed by atoms with Crippen LogP contribution in [0.3, 0.4) is 0 Å². The van der Waals surface area contributed by atoms with E-state index >= 15 is 0 Å². The first-order valence-corrected chi connectivity index (χ1v) is 7.65. The Bertz CT molecular complexity index is 614. The Labute approximate surface area is 113 Å². The molecule has 5 nitrogen and oxygen atoms in total. The minimum absolute atomic E-state index is 0.184. The van der Waals surface area contributed by atoms with Gasteiger partial charge in [-0.25, -0.2) is 8.42 Å². The van der Waals surface area contributed by atoms with Crippen LogP contribution in [0.25, 0.3) is 0 Å². The zero-order valence-electron chi connectivity index (χ0n) is 11.1. The van der Waals surface area contributed by atoms with E-state index in [2.05, 4.69) is 5.32 Å². The number of anilines is 1. The molecule has 0 radical (unpaired) electrons. The summed E-state index contributed by atoms with van der Waals surface area (Å²) in [6, 6.07) is 7.81. The second kappa shape index (κ2) is 5.41. The van der Waals surface area contributed by atoms with Crippen molar-refractivity contribution in [2.24, 2.45) is 5.41 Å². The standard InChI is InChI=1S/C13H16N2O3S/c1-4-13(2,9-14)12(16)15-10-5-7-11(8-6-10)19(3,17)18/h5-8H,4H2,1-3H3,(H,15,16). The van der Waals surface area contributed by atoms with Crippen LogP contribution in [0.1, 0.15) is 20.3 Å². The molecule has 0 saturated heterocycles. The molecular formula is C13H16N2O3S. The lowest BCUT2D eigenvalue weighted by Gasteiger charge is -2.18. The van der Waals surface area contributed by atoms with Gasteiger partial charge in [-0.1, -0.05) is 6.92 Å². The zero-order valence-corrected chi connectivity index (χ0v) is 11.9. The summed E-state index contributed by atoms with van der Waals surface area (Å²) in [5.41, 5.74) is -0.623. The molecule has 0 heterocycles. The summed E-state index contributed by atoms with van der Waals surface area (Å²) >= 11 is 0. The summed E-state index contributed by atoms with van der Waals surface area (Å²) in [5.74, 6) is -0.399. The number of nitriles is 1. The number of carbonyl (C=O) groups excluding carboxylic acids is 1. The zero-order chi connectivity index (χ0) is 14.7. The van der Waals surface area contributed by atoms with Gasteiger partial charge in [-0.3, -0.25) is 4.79 Å². The maximum absolute atomic E-state index is 11.9. The highest BCUT2D eigenvalue weighted by molar-refractivity contribution is 7.90. The Balaban J connectivity index is 2.91. The highest BCUT2D eigenvalue weighted by atomic mass is 32.2. The molecule has 0 bridgehead atoms. The van der Waals surface area contributed by atoms with E-state index in [1.54, 1.807) is 13.8 Å². The Hall–Kier alpha value is -1.87. The van der Waals surface area contributed by atoms with E-state index in [-0.39, 0.29) is 4.90 Å². The topological polar surface area (TPSA) is 87.0 Å². The van der Waals surface area contributed by atoms with Gasteiger partial charge >= 0.3 is 0 Å². The average molecular weight is 280 g/mol. The number of benzene rings is 1. The molecule has 0 saturated carbocycles. The van der Waals surface area contributed by atoms with Gasteiger partial charge in [-0.2, -0.15) is 5.26 Å². The van der Waals surface area contributed by atoms with Crippen molar-refractivity contribution >= 4 is 21.4 Å². The fourth-order valence-corrected chi connectivity index (χ4v) is 1.98. The van der Waals surface area contributed by atoms with Crippen LogP contribution in [0.2, 0.25) is 0 Å². The first kappa shape index (κ1) is 15.2. The molecule has 1 amide bonds. The van der Waals surface area contributed by atoms with Crippen molar-refractivity contribution in [3.05, 3.63) is 24.3 Å². The van der Waals surface area contributed by atoms with Crippen molar-refractivity contribution in [1.29, 1.82) is 5.26 Å². The van der Waals surface area contributed by atoms with E-state index in [0.29, 0.717) is 12.1 Å². The van der Waals surface area contributed by atoms with Crippen LogP contribution in [0.5, 0.6) is 0 Å². The molecule has 6 heteroatoms. The smallest absolute Gasteiger partial charge is 0.244 e. The highest BCUT2D eigenvalue weighted by Gasteiger charge is 2.31. The van der Waals surface area contributed by atoms with Gasteiger partial charge in [-0.15, -0.1) is 0 Å². The van der Waals surface area contributed by atoms with Crippen LogP contribution in [-0.4, -0.2) is 20.6 Å². The fraction of sp³-hybridized carbons (Fsp3) is 0.385. The number of amides is 1. The van der Waals surface area contributed by atoms with Gasteiger partial charge < -0.3 is 5.32 Å². The molecule has 0 aliphatic carbocycles. The largest absolute Gasteiger partial charge is 0.325 e. The van der Waals surface area contributed by atoms with Crippen LogP contribution < -0.4 is 5.32 Å². The predicted molar refractivity (Wildman–Crippen MR) is 72.2 cm³/mol. The molecule has 1 aromatic rings. The summed E-state index contributed by atoms with van der Waals surface area (Å²) in [6.45, 7) is 3.32. The normalized spacial score (nSPS) is 14.2. The lowest BCUT2D eigenvalue weighted by molar-refractivity contribution is -0.122. The van der Waals surface area contributed by atoms with Crippen molar-refractivity contribution in [1.82, 2.24) is 0 Å². The molecule has 0 spiro atoms. The maximum atomic E-state index is 11.9. The Kier molecular flexibility index (Phi) is 4.32. The maximum Gasteiger partial charge on any atom is 0.244 e. The molecule has 0 fully saturated rings. The molecule has 0 aromatic heterocycles. The van der Waals surface area contributed by atoms with Gasteiger partial charge in [0.1, 0.15) is 5.41 Å². The first-order chi connectivity index (χ1) is 8.73. The number of carbonyl (C=O) groups is 1. The van der Waals surface area contributed by atoms with Gasteiger partial charge in [0.2, 0.25) is 5.91 Å². The second-order valence-corrected chi connectivity index (χ2v) is 6.56. The third-order valence-corrected chi connectivity index (χ3v) is 4.12. The molecule has 0 aliphatic heterocycles. The third-order valence-electron chi connectivity index (χ3n) is 3.00. The SMILES string of the molecule is CCC(C)(C#N)C(=O)Nc1ccc(S(C)(=O)=O)cc1. The number of nitrogens with zero attached hydrogens (tertiary/aromatic N) is 1. The van der Waals surface area contributed by atoms with Crippen LogP contribution in [0.4, 0.5) is 5.69 Å². The van der Waals surface area contributed by atoms with Gasteiger partial charge in [0.15, 0.2) is 9.84 Å². The molecule has 1 unspecified atom stereocenters. The van der Waals surface area contributed by atoms with Gasteiger partial charge in [0.05, 0.1) is 11.0 Å². The van der Waals surface area contributed by atoms with E-state index in [9.17, 15) is 13.2 Å². The lowest BCUT2D eigenvalue weighted by atomic mass is 9.88. The van der Waals surface area contributed by atoms with E-state index in [4.69, 9.17) is 5.26 Å². The number of rotatable bonds is 4. The minimum Gasteiger partial charge on any atom is -0.325 e. The van der Waals surface area contributed by atoms with Crippen molar-refractivity contribution in [2.45, 2.75) is 25.2 Å². The summed E-state index contributed by atoms with van der Waals surface area (Å²) in [7, 11) is -3.25. The average Bonchev–Trinajstić information content (AvgIpc) is 2.37. The lowest BCUT2D eigenvalue weighted by Crippen LogP contribution is -2.31. The van der Waals surface area contributed by atoms with Crippen molar-refractivity contribution in [3.8, 4) is 6.07 Å². The Morgan fingerprint density at radius 1 is 1.37 bits per heavy atom. The Morgan fingerprint density at radius 2 is 1.89 bits per heavy atom. The quantitative estimate of drug-likeness (QED) is 0.913. The summed E-state index contributed by atoms with van der Waals surface area (Å²) < 4.78 is 22.6. The highest BCUT2D eigenvalue weighted by Crippen LogP contribution is 2.23. The summed E-state index contributed by atoms with van der Waals surface area (Å²) in [6.07, 6.45) is 1.52. The fourth-order valence-electron chi connectivity index (χ4n) is 1.34. The molecular weight excluding hydrogens is 264 g/mol. The van der Waals surface area contributed by atoms with Crippen molar-refractivity contribution in [3.63, 3.8) is 0 Å². The van der Waals surface area contributed by atoms with Crippen molar-refractivity contribution < 1.29 is 13.2 Å². The molecule has 1 atom stereocenters. The van der Waals surface area contributed by atoms with E-state index in [0.717, 1.165) is 6.26 Å². The van der Waals surface area contributed by atoms with E-state index in [1.807, 2.05) is 6.07 Å². The second-order valence-electron chi connectivity index (χ2n) is 4.55. The van der Waals surface area contributed by atoms with Crippen LogP contribution in [0, 0.1) is 16.7 Å². The minimum atomic E-state index is -3.25. The number of sulfone groups is 1. The number of hydrogen-bond acceptors (Lipinski definition) is 4. The molecule has 19 heavy (non-hydrogen) atoms. The third kappa shape index (κ3) is 3.55. The molecule has 102 valence electrons. The summed E-state index contributed by atoms with van der Waals surface area (Å²) in [4.78, 5) is 12.1. The van der Waals surface area contributed by atoms with Crippen LogP contribution in [-0.2, 0) is 14.6 Å². The van der Waals surface area contributed by atoms with Crippen molar-refractivity contribution in [2.75, 3.05) is 11.6 Å². The molecule has 1 rings (SSSR count). The monoisotopic (exact) mass is 280 g/mol.